The van der Waals surface area contributed by atoms with Gasteiger partial charge in [-0.3, -0.25) is 4.68 Å². The van der Waals surface area contributed by atoms with Gasteiger partial charge < -0.3 is 20.0 Å². The number of likely N-dealkylation sites (tertiary alicyclic amines) is 2. The number of piperidine rings is 2. The lowest BCUT2D eigenvalue weighted by Crippen LogP contribution is -2.40. The van der Waals surface area contributed by atoms with Crippen molar-refractivity contribution >= 4 is 16.7 Å². The molecule has 33 heavy (non-hydrogen) atoms. The van der Waals surface area contributed by atoms with Crippen LogP contribution in [0.2, 0.25) is 0 Å². The van der Waals surface area contributed by atoms with Crippen LogP contribution < -0.4 is 10.2 Å². The highest BCUT2D eigenvalue weighted by molar-refractivity contribution is 5.92. The van der Waals surface area contributed by atoms with Crippen LogP contribution in [0.25, 0.3) is 10.9 Å². The number of aryl methyl sites for hydroxylation is 1. The van der Waals surface area contributed by atoms with Crippen LogP contribution in [0.15, 0.2) is 55.7 Å². The van der Waals surface area contributed by atoms with Crippen molar-refractivity contribution in [2.24, 2.45) is 13.0 Å². The molecule has 1 aromatic carbocycles. The molecule has 1 aromatic heterocycles. The van der Waals surface area contributed by atoms with Crippen LogP contribution in [-0.2, 0) is 7.05 Å². The number of anilines is 1. The Hall–Kier alpha value is -2.73. The molecule has 0 amide bonds. The summed E-state index contributed by atoms with van der Waals surface area (Å²) in [6.07, 6.45) is 8.01. The van der Waals surface area contributed by atoms with Gasteiger partial charge in [0, 0.05) is 50.7 Å². The maximum absolute atomic E-state index is 4.86. The van der Waals surface area contributed by atoms with Crippen molar-refractivity contribution in [2.45, 2.75) is 38.0 Å². The number of hydrogen-bond donors (Lipinski definition) is 1. The van der Waals surface area contributed by atoms with Crippen molar-refractivity contribution in [3.63, 3.8) is 0 Å². The Morgan fingerprint density at radius 2 is 1.82 bits per heavy atom. The van der Waals surface area contributed by atoms with Crippen molar-refractivity contribution in [1.82, 2.24) is 24.9 Å². The van der Waals surface area contributed by atoms with E-state index in [1.165, 1.54) is 74.9 Å². The molecule has 176 valence electrons. The first-order valence-corrected chi connectivity index (χ1v) is 12.5. The monoisotopic (exact) mass is 446 g/mol. The Kier molecular flexibility index (Phi) is 6.19. The smallest absolute Gasteiger partial charge is 0.164 e. The van der Waals surface area contributed by atoms with Crippen LogP contribution in [-0.4, -0.2) is 58.8 Å². The standard InChI is InChI=1S/C27H38N6/c1-5-31-13-9-22(10-14-31)19-32-15-11-23(12-16-32)24-6-7-25-26(18-24)30(4)29-27(25)33-17-8-20(2)28-21(33)3/h5-7,18,22-23,28H,1-3,8-17,19H2,4H3. The van der Waals surface area contributed by atoms with E-state index in [0.29, 0.717) is 5.92 Å². The Morgan fingerprint density at radius 1 is 1.06 bits per heavy atom. The highest BCUT2D eigenvalue weighted by atomic mass is 15.4. The summed E-state index contributed by atoms with van der Waals surface area (Å²) in [6, 6.07) is 6.97. The maximum atomic E-state index is 4.86. The van der Waals surface area contributed by atoms with Crippen molar-refractivity contribution in [3.05, 3.63) is 61.2 Å². The van der Waals surface area contributed by atoms with Gasteiger partial charge in [-0.05, 0) is 74.5 Å². The van der Waals surface area contributed by atoms with Gasteiger partial charge in [0.15, 0.2) is 5.82 Å². The summed E-state index contributed by atoms with van der Waals surface area (Å²) in [6.45, 7) is 19.0. The zero-order valence-corrected chi connectivity index (χ0v) is 20.1. The van der Waals surface area contributed by atoms with Gasteiger partial charge in [0.1, 0.15) is 5.82 Å². The Labute approximate surface area is 198 Å². The summed E-state index contributed by atoms with van der Waals surface area (Å²) in [4.78, 5) is 7.24. The Morgan fingerprint density at radius 3 is 2.52 bits per heavy atom. The number of aromatic nitrogens is 2. The molecule has 0 aliphatic carbocycles. The summed E-state index contributed by atoms with van der Waals surface area (Å²) in [5.74, 6) is 3.33. The normalized spacial score (nSPS) is 21.6. The first kappa shape index (κ1) is 22.1. The van der Waals surface area contributed by atoms with E-state index in [1.54, 1.807) is 0 Å². The van der Waals surface area contributed by atoms with Gasteiger partial charge in [-0.1, -0.05) is 25.8 Å². The first-order valence-electron chi connectivity index (χ1n) is 12.5. The van der Waals surface area contributed by atoms with E-state index in [1.807, 2.05) is 10.9 Å². The van der Waals surface area contributed by atoms with E-state index in [9.17, 15) is 0 Å². The van der Waals surface area contributed by atoms with Crippen molar-refractivity contribution in [2.75, 3.05) is 44.2 Å². The summed E-state index contributed by atoms with van der Waals surface area (Å²) in [7, 11) is 2.05. The molecule has 5 rings (SSSR count). The fourth-order valence-corrected chi connectivity index (χ4v) is 5.79. The minimum absolute atomic E-state index is 0.640. The highest BCUT2D eigenvalue weighted by Crippen LogP contribution is 2.35. The number of nitrogens with zero attached hydrogens (tertiary/aromatic N) is 5. The highest BCUT2D eigenvalue weighted by Gasteiger charge is 2.26. The summed E-state index contributed by atoms with van der Waals surface area (Å²) in [5.41, 5.74) is 3.68. The van der Waals surface area contributed by atoms with Crippen LogP contribution in [0.5, 0.6) is 0 Å². The molecular weight excluding hydrogens is 408 g/mol. The zero-order chi connectivity index (χ0) is 22.9. The molecule has 0 atom stereocenters. The van der Waals surface area contributed by atoms with Crippen LogP contribution in [0, 0.1) is 5.92 Å². The number of hydrogen-bond acceptors (Lipinski definition) is 5. The quantitative estimate of drug-likeness (QED) is 0.737. The van der Waals surface area contributed by atoms with Gasteiger partial charge in [0.05, 0.1) is 5.52 Å². The van der Waals surface area contributed by atoms with Gasteiger partial charge in [-0.2, -0.15) is 5.10 Å². The summed E-state index contributed by atoms with van der Waals surface area (Å²) < 4.78 is 2.02. The van der Waals surface area contributed by atoms with Gasteiger partial charge in [-0.15, -0.1) is 0 Å². The third kappa shape index (κ3) is 4.54. The van der Waals surface area contributed by atoms with Crippen molar-refractivity contribution in [1.29, 1.82) is 0 Å². The molecule has 0 spiro atoms. The lowest BCUT2D eigenvalue weighted by atomic mass is 9.88. The lowest BCUT2D eigenvalue weighted by Gasteiger charge is -2.37. The Balaban J connectivity index is 1.23. The van der Waals surface area contributed by atoms with Gasteiger partial charge in [0.25, 0.3) is 0 Å². The molecule has 4 heterocycles. The van der Waals surface area contributed by atoms with Gasteiger partial charge >= 0.3 is 0 Å². The third-order valence-corrected chi connectivity index (χ3v) is 7.88. The molecule has 2 aromatic rings. The van der Waals surface area contributed by atoms with Gasteiger partial charge in [-0.25, -0.2) is 0 Å². The molecular formula is C27H38N6. The van der Waals surface area contributed by atoms with E-state index in [-0.39, 0.29) is 0 Å². The molecule has 1 N–H and O–H groups in total. The number of nitrogens with one attached hydrogen (secondary N) is 1. The average Bonchev–Trinajstić information content (AvgIpc) is 3.15. The molecule has 0 unspecified atom stereocenters. The minimum Gasteiger partial charge on any atom is -0.378 e. The largest absolute Gasteiger partial charge is 0.378 e. The summed E-state index contributed by atoms with van der Waals surface area (Å²) in [5, 5.41) is 9.33. The molecule has 3 aliphatic heterocycles. The van der Waals surface area contributed by atoms with Crippen LogP contribution in [0.4, 0.5) is 5.82 Å². The lowest BCUT2D eigenvalue weighted by molar-refractivity contribution is 0.145. The fourth-order valence-electron chi connectivity index (χ4n) is 5.79. The molecule has 6 heteroatoms. The fraction of sp³-hybridized carbons (Fsp3) is 0.519. The predicted molar refractivity (Wildman–Crippen MR) is 137 cm³/mol. The summed E-state index contributed by atoms with van der Waals surface area (Å²) >= 11 is 0. The van der Waals surface area contributed by atoms with E-state index in [2.05, 4.69) is 65.0 Å². The number of rotatable bonds is 5. The maximum Gasteiger partial charge on any atom is 0.164 e. The second-order valence-corrected chi connectivity index (χ2v) is 10.0. The second-order valence-electron chi connectivity index (χ2n) is 10.0. The molecule has 0 bridgehead atoms. The first-order chi connectivity index (χ1) is 16.0. The second kappa shape index (κ2) is 9.26. The SMILES string of the molecule is C=CN1CCC(CN2CCC(c3ccc4c(N5CCC(=C)NC5=C)nn(C)c4c3)CC2)CC1. The van der Waals surface area contributed by atoms with Gasteiger partial charge in [0.2, 0.25) is 0 Å². The number of fused-ring (bicyclic) bond motifs is 1. The van der Waals surface area contributed by atoms with Crippen LogP contribution >= 0.6 is 0 Å². The van der Waals surface area contributed by atoms with Crippen molar-refractivity contribution in [3.8, 4) is 0 Å². The molecule has 3 fully saturated rings. The molecule has 6 nitrogen and oxygen atoms in total. The van der Waals surface area contributed by atoms with Crippen LogP contribution in [0.1, 0.15) is 43.6 Å². The minimum atomic E-state index is 0.640. The van der Waals surface area contributed by atoms with Crippen molar-refractivity contribution < 1.29 is 0 Å². The van der Waals surface area contributed by atoms with E-state index in [4.69, 9.17) is 5.10 Å². The molecule has 3 saturated heterocycles. The predicted octanol–water partition coefficient (Wildman–Crippen LogP) is 4.39. The molecule has 0 saturated carbocycles. The topological polar surface area (TPSA) is 39.6 Å². The number of benzene rings is 1. The van der Waals surface area contributed by atoms with E-state index < -0.39 is 0 Å². The third-order valence-electron chi connectivity index (χ3n) is 7.88. The Bertz CT molecular complexity index is 1040. The average molecular weight is 447 g/mol. The van der Waals surface area contributed by atoms with Crippen LogP contribution in [0.3, 0.4) is 0 Å². The molecule has 3 aliphatic rings. The van der Waals surface area contributed by atoms with E-state index >= 15 is 0 Å². The zero-order valence-electron chi connectivity index (χ0n) is 20.1. The van der Waals surface area contributed by atoms with E-state index in [0.717, 1.165) is 36.2 Å². The molecule has 0 radical (unpaired) electrons.